The first-order chi connectivity index (χ1) is 12.0. The Balaban J connectivity index is 2.19. The molecule has 0 fully saturated rings. The van der Waals surface area contributed by atoms with Crippen LogP contribution in [0.15, 0.2) is 28.9 Å². The van der Waals surface area contributed by atoms with E-state index in [1.807, 2.05) is 0 Å². The van der Waals surface area contributed by atoms with Crippen LogP contribution in [0.1, 0.15) is 41.7 Å². The lowest BCUT2D eigenvalue weighted by Crippen LogP contribution is -2.44. The van der Waals surface area contributed by atoms with Gasteiger partial charge in [-0.2, -0.15) is 0 Å². The summed E-state index contributed by atoms with van der Waals surface area (Å²) in [4.78, 5) is 36.3. The number of benzene rings is 1. The van der Waals surface area contributed by atoms with Gasteiger partial charge < -0.3 is 15.1 Å². The molecule has 0 radical (unpaired) electrons. The number of anilines is 1. The summed E-state index contributed by atoms with van der Waals surface area (Å²) in [5.74, 6) is -3.71. The second kappa shape index (κ2) is 7.47. The normalized spacial score (nSPS) is 11.2. The Morgan fingerprint density at radius 3 is 2.38 bits per heavy atom. The van der Waals surface area contributed by atoms with E-state index in [-0.39, 0.29) is 21.3 Å². The van der Waals surface area contributed by atoms with E-state index in [2.05, 4.69) is 10.6 Å². The van der Waals surface area contributed by atoms with Crippen molar-refractivity contribution in [3.8, 4) is 0 Å². The molecule has 26 heavy (non-hydrogen) atoms. The molecule has 9 heteroatoms. The maximum absolute atomic E-state index is 13.2. The zero-order valence-electron chi connectivity index (χ0n) is 14.1. The molecular weight excluding hydrogens is 386 g/mol. The van der Waals surface area contributed by atoms with Crippen LogP contribution in [0.25, 0.3) is 0 Å². The van der Waals surface area contributed by atoms with Crippen LogP contribution in [0.4, 0.5) is 10.1 Å². The Labute approximate surface area is 158 Å². The Morgan fingerprint density at radius 2 is 1.81 bits per heavy atom. The average molecular weight is 401 g/mol. The molecule has 0 saturated heterocycles. The number of nitrogens with one attached hydrogen (secondary N) is 2. The molecule has 1 heterocycles. The highest BCUT2D eigenvalue weighted by Crippen LogP contribution is 2.26. The maximum Gasteiger partial charge on any atom is 0.296 e. The van der Waals surface area contributed by atoms with Crippen molar-refractivity contribution in [1.82, 2.24) is 5.32 Å². The van der Waals surface area contributed by atoms with Crippen LogP contribution in [0, 0.1) is 5.82 Å². The number of Topliss-reactive ketones (excluding diaryl/α,β-unsaturated/α-hetero) is 1. The van der Waals surface area contributed by atoms with Crippen LogP contribution in [0.2, 0.25) is 10.0 Å². The van der Waals surface area contributed by atoms with E-state index in [1.165, 1.54) is 12.1 Å². The number of halogens is 3. The van der Waals surface area contributed by atoms with Crippen LogP contribution < -0.4 is 10.6 Å². The van der Waals surface area contributed by atoms with E-state index in [9.17, 15) is 18.8 Å². The van der Waals surface area contributed by atoms with Crippen LogP contribution in [0.3, 0.4) is 0 Å². The van der Waals surface area contributed by atoms with Crippen LogP contribution in [0.5, 0.6) is 0 Å². The number of hydrogen-bond donors (Lipinski definition) is 2. The molecule has 2 aromatic rings. The average Bonchev–Trinajstić information content (AvgIpc) is 2.90. The van der Waals surface area contributed by atoms with Crippen molar-refractivity contribution >= 4 is 46.5 Å². The van der Waals surface area contributed by atoms with Crippen molar-refractivity contribution in [2.45, 2.75) is 26.3 Å². The number of rotatable bonds is 4. The Morgan fingerprint density at radius 1 is 1.15 bits per heavy atom. The van der Waals surface area contributed by atoms with Crippen LogP contribution in [-0.4, -0.2) is 23.1 Å². The van der Waals surface area contributed by atoms with Gasteiger partial charge in [-0.05, 0) is 39.0 Å². The summed E-state index contributed by atoms with van der Waals surface area (Å²) in [5, 5.41) is 4.45. The molecule has 2 rings (SSSR count). The Bertz CT molecular complexity index is 887. The minimum absolute atomic E-state index is 0.154. The van der Waals surface area contributed by atoms with E-state index < -0.39 is 34.7 Å². The Hall–Kier alpha value is -2.38. The first-order valence-corrected chi connectivity index (χ1v) is 8.15. The molecule has 0 aliphatic heterocycles. The zero-order valence-corrected chi connectivity index (χ0v) is 15.6. The molecule has 0 aliphatic rings. The predicted molar refractivity (Wildman–Crippen MR) is 95.3 cm³/mol. The fourth-order valence-electron chi connectivity index (χ4n) is 1.92. The van der Waals surface area contributed by atoms with Gasteiger partial charge in [-0.1, -0.05) is 23.2 Å². The van der Waals surface area contributed by atoms with Crippen LogP contribution in [-0.2, 0) is 4.79 Å². The molecule has 0 bridgehead atoms. The molecule has 0 atom stereocenters. The van der Waals surface area contributed by atoms with Crippen molar-refractivity contribution in [2.24, 2.45) is 0 Å². The van der Waals surface area contributed by atoms with Gasteiger partial charge in [0.15, 0.2) is 5.76 Å². The topological polar surface area (TPSA) is 88.4 Å². The van der Waals surface area contributed by atoms with E-state index in [4.69, 9.17) is 27.6 Å². The largest absolute Gasteiger partial charge is 0.458 e. The van der Waals surface area contributed by atoms with Crippen molar-refractivity contribution in [3.05, 3.63) is 51.6 Å². The summed E-state index contributed by atoms with van der Waals surface area (Å²) in [6, 6.07) is 3.60. The SMILES string of the molecule is CC(C)(C)NC(=O)C(=O)c1occ(C(=O)Nc2ccc(F)c(Cl)c2)c1Cl. The lowest BCUT2D eigenvalue weighted by molar-refractivity contribution is -0.118. The fourth-order valence-corrected chi connectivity index (χ4v) is 2.36. The van der Waals surface area contributed by atoms with E-state index in [1.54, 1.807) is 20.8 Å². The van der Waals surface area contributed by atoms with Gasteiger partial charge in [-0.25, -0.2) is 4.39 Å². The summed E-state index contributed by atoms with van der Waals surface area (Å²) in [6.45, 7) is 5.11. The molecule has 0 aliphatic carbocycles. The third kappa shape index (κ3) is 4.62. The fraction of sp³-hybridized carbons (Fsp3) is 0.235. The molecule has 2 N–H and O–H groups in total. The van der Waals surface area contributed by atoms with Crippen molar-refractivity contribution in [3.63, 3.8) is 0 Å². The van der Waals surface area contributed by atoms with Crippen molar-refractivity contribution in [2.75, 3.05) is 5.32 Å². The smallest absolute Gasteiger partial charge is 0.296 e. The number of amides is 2. The van der Waals surface area contributed by atoms with Crippen LogP contribution >= 0.6 is 23.2 Å². The highest BCUT2D eigenvalue weighted by molar-refractivity contribution is 6.47. The predicted octanol–water partition coefficient (Wildman–Crippen LogP) is 4.08. The van der Waals surface area contributed by atoms with E-state index >= 15 is 0 Å². The lowest BCUT2D eigenvalue weighted by atomic mass is 10.1. The second-order valence-electron chi connectivity index (χ2n) is 6.41. The highest BCUT2D eigenvalue weighted by atomic mass is 35.5. The summed E-state index contributed by atoms with van der Waals surface area (Å²) in [6.07, 6.45) is 0.959. The van der Waals surface area contributed by atoms with Gasteiger partial charge in [0.05, 0.1) is 10.6 Å². The first-order valence-electron chi connectivity index (χ1n) is 7.40. The third-order valence-corrected chi connectivity index (χ3v) is 3.72. The van der Waals surface area contributed by atoms with Crippen molar-refractivity contribution < 1.29 is 23.2 Å². The molecule has 1 aromatic carbocycles. The summed E-state index contributed by atoms with van der Waals surface area (Å²) >= 11 is 11.7. The molecule has 2 amide bonds. The molecule has 138 valence electrons. The molecule has 0 unspecified atom stereocenters. The van der Waals surface area contributed by atoms with Gasteiger partial charge in [-0.3, -0.25) is 14.4 Å². The van der Waals surface area contributed by atoms with Crippen molar-refractivity contribution in [1.29, 1.82) is 0 Å². The highest BCUT2D eigenvalue weighted by Gasteiger charge is 2.29. The Kier molecular flexibility index (Phi) is 5.73. The van der Waals surface area contributed by atoms with Gasteiger partial charge in [0.1, 0.15) is 17.1 Å². The van der Waals surface area contributed by atoms with Gasteiger partial charge in [0.2, 0.25) is 0 Å². The lowest BCUT2D eigenvalue weighted by Gasteiger charge is -2.19. The summed E-state index contributed by atoms with van der Waals surface area (Å²) in [5.41, 5.74) is -0.565. The van der Waals surface area contributed by atoms with Gasteiger partial charge in [0.25, 0.3) is 17.6 Å². The monoisotopic (exact) mass is 400 g/mol. The number of carbonyl (C=O) groups excluding carboxylic acids is 3. The number of furan rings is 1. The summed E-state index contributed by atoms with van der Waals surface area (Å²) in [7, 11) is 0. The molecule has 0 spiro atoms. The zero-order chi connectivity index (χ0) is 19.6. The summed E-state index contributed by atoms with van der Waals surface area (Å²) < 4.78 is 18.2. The molecule has 1 aromatic heterocycles. The number of hydrogen-bond acceptors (Lipinski definition) is 4. The quantitative estimate of drug-likeness (QED) is 0.597. The van der Waals surface area contributed by atoms with E-state index in [0.29, 0.717) is 0 Å². The third-order valence-electron chi connectivity index (χ3n) is 3.05. The molecular formula is C17H15Cl2FN2O4. The molecule has 6 nitrogen and oxygen atoms in total. The molecule has 0 saturated carbocycles. The van der Waals surface area contributed by atoms with Gasteiger partial charge >= 0.3 is 0 Å². The van der Waals surface area contributed by atoms with Gasteiger partial charge in [0, 0.05) is 11.2 Å². The number of ketones is 1. The maximum atomic E-state index is 13.2. The first kappa shape index (κ1) is 19.9. The van der Waals surface area contributed by atoms with E-state index in [0.717, 1.165) is 12.3 Å². The van der Waals surface area contributed by atoms with Gasteiger partial charge in [-0.15, -0.1) is 0 Å². The standard InChI is InChI=1S/C17H15Cl2FN2O4/c1-17(2,3)22-16(25)13(23)14-12(19)9(7-26-14)15(24)21-8-4-5-11(20)10(18)6-8/h4-7H,1-3H3,(H,21,24)(H,22,25). The minimum Gasteiger partial charge on any atom is -0.458 e. The second-order valence-corrected chi connectivity index (χ2v) is 7.19. The number of carbonyl (C=O) groups is 3. The minimum atomic E-state index is -1.01.